The monoisotopic (exact) mass is 366 g/mol. The van der Waals surface area contributed by atoms with Gasteiger partial charge in [0.1, 0.15) is 11.5 Å². The highest BCUT2D eigenvalue weighted by atomic mass is 32.2. The third-order valence-electron chi connectivity index (χ3n) is 3.92. The number of benzene rings is 2. The Morgan fingerprint density at radius 2 is 1.88 bits per heavy atom. The van der Waals surface area contributed by atoms with Gasteiger partial charge in [-0.15, -0.1) is 0 Å². The Balaban J connectivity index is 2.29. The Labute approximate surface area is 145 Å². The summed E-state index contributed by atoms with van der Waals surface area (Å²) in [6.07, 6.45) is 0.992. The van der Waals surface area contributed by atoms with E-state index >= 15 is 0 Å². The lowest BCUT2D eigenvalue weighted by molar-refractivity contribution is -0.384. The largest absolute Gasteiger partial charge is 0.379 e. The lowest BCUT2D eigenvalue weighted by Gasteiger charge is -2.26. The quantitative estimate of drug-likeness (QED) is 0.624. The molecule has 2 aromatic carbocycles. The predicted molar refractivity (Wildman–Crippen MR) is 94.1 cm³/mol. The van der Waals surface area contributed by atoms with Crippen molar-refractivity contribution in [1.29, 1.82) is 0 Å². The van der Waals surface area contributed by atoms with E-state index in [1.165, 1.54) is 24.3 Å². The molecule has 2 rings (SSSR count). The normalized spacial score (nSPS) is 12.0. The number of sulfone groups is 1. The zero-order valence-corrected chi connectivity index (χ0v) is 14.9. The third-order valence-corrected chi connectivity index (χ3v) is 5.03. The number of nitro benzene ring substituents is 1. The van der Waals surface area contributed by atoms with Crippen LogP contribution in [0.2, 0.25) is 0 Å². The number of nitrogens with one attached hydrogen (secondary N) is 1. The first kappa shape index (κ1) is 18.9. The summed E-state index contributed by atoms with van der Waals surface area (Å²) in [5, 5.41) is 14.2. The van der Waals surface area contributed by atoms with Crippen LogP contribution in [-0.2, 0) is 15.3 Å². The van der Waals surface area contributed by atoms with Crippen LogP contribution in [0, 0.1) is 15.9 Å². The first-order valence-electron chi connectivity index (χ1n) is 7.49. The molecule has 0 saturated heterocycles. The molecular formula is C17H19FN2O4S. The first-order valence-corrected chi connectivity index (χ1v) is 9.38. The van der Waals surface area contributed by atoms with Crippen LogP contribution in [0.25, 0.3) is 0 Å². The van der Waals surface area contributed by atoms with Crippen LogP contribution < -0.4 is 5.32 Å². The standard InChI is InChI=1S/C17H19FN2O4S/c1-17(2,12-5-4-6-13(18)9-12)11-19-15-8-7-14(25(3,23)24)10-16(15)20(21)22/h4-10,19H,11H2,1-3H3. The molecule has 0 unspecified atom stereocenters. The summed E-state index contributed by atoms with van der Waals surface area (Å²) in [6, 6.07) is 9.88. The highest BCUT2D eigenvalue weighted by molar-refractivity contribution is 7.90. The van der Waals surface area contributed by atoms with Crippen LogP contribution in [0.5, 0.6) is 0 Å². The summed E-state index contributed by atoms with van der Waals surface area (Å²) in [6.45, 7) is 4.06. The van der Waals surface area contributed by atoms with E-state index in [0.29, 0.717) is 6.54 Å². The average Bonchev–Trinajstić information content (AvgIpc) is 2.52. The summed E-state index contributed by atoms with van der Waals surface area (Å²) in [4.78, 5) is 10.5. The van der Waals surface area contributed by atoms with Crippen molar-refractivity contribution < 1.29 is 17.7 Å². The lowest BCUT2D eigenvalue weighted by Crippen LogP contribution is -2.28. The van der Waals surface area contributed by atoms with E-state index < -0.39 is 20.2 Å². The van der Waals surface area contributed by atoms with Crippen molar-refractivity contribution in [3.63, 3.8) is 0 Å². The van der Waals surface area contributed by atoms with Gasteiger partial charge in [-0.2, -0.15) is 0 Å². The number of hydrogen-bond donors (Lipinski definition) is 1. The fourth-order valence-electron chi connectivity index (χ4n) is 2.37. The van der Waals surface area contributed by atoms with E-state index in [9.17, 15) is 22.9 Å². The van der Waals surface area contributed by atoms with Crippen LogP contribution in [0.15, 0.2) is 47.4 Å². The van der Waals surface area contributed by atoms with Gasteiger partial charge < -0.3 is 5.32 Å². The molecule has 0 spiro atoms. The van der Waals surface area contributed by atoms with Crippen LogP contribution in [0.3, 0.4) is 0 Å². The molecule has 6 nitrogen and oxygen atoms in total. The van der Waals surface area contributed by atoms with Gasteiger partial charge in [0.15, 0.2) is 9.84 Å². The van der Waals surface area contributed by atoms with Crippen molar-refractivity contribution >= 4 is 21.2 Å². The number of anilines is 1. The van der Waals surface area contributed by atoms with E-state index in [-0.39, 0.29) is 22.1 Å². The Bertz CT molecular complexity index is 911. The molecule has 0 atom stereocenters. The Hall–Kier alpha value is -2.48. The average molecular weight is 366 g/mol. The molecule has 134 valence electrons. The number of hydrogen-bond acceptors (Lipinski definition) is 5. The van der Waals surface area contributed by atoms with Gasteiger partial charge in [-0.05, 0) is 29.8 Å². The highest BCUT2D eigenvalue weighted by Crippen LogP contribution is 2.30. The minimum absolute atomic E-state index is 0.117. The Kier molecular flexibility index (Phi) is 5.12. The second kappa shape index (κ2) is 6.79. The smallest absolute Gasteiger partial charge is 0.293 e. The molecule has 0 radical (unpaired) electrons. The molecule has 0 aromatic heterocycles. The SMILES string of the molecule is CC(C)(CNc1ccc(S(C)(=O)=O)cc1[N+](=O)[O-])c1cccc(F)c1. The van der Waals surface area contributed by atoms with Crippen LogP contribution >= 0.6 is 0 Å². The van der Waals surface area contributed by atoms with Gasteiger partial charge >= 0.3 is 0 Å². The molecule has 0 heterocycles. The Morgan fingerprint density at radius 3 is 2.44 bits per heavy atom. The molecule has 0 fully saturated rings. The van der Waals surface area contributed by atoms with Gasteiger partial charge in [-0.3, -0.25) is 10.1 Å². The molecule has 1 N–H and O–H groups in total. The van der Waals surface area contributed by atoms with Crippen molar-refractivity contribution in [2.24, 2.45) is 0 Å². The number of halogens is 1. The summed E-state index contributed by atoms with van der Waals surface area (Å²) in [5.74, 6) is -0.353. The van der Waals surface area contributed by atoms with Crippen molar-refractivity contribution in [2.75, 3.05) is 18.1 Å². The molecule has 8 heteroatoms. The van der Waals surface area contributed by atoms with Gasteiger partial charge in [0.25, 0.3) is 5.69 Å². The lowest BCUT2D eigenvalue weighted by atomic mass is 9.84. The second-order valence-corrected chi connectivity index (χ2v) is 8.47. The molecule has 0 saturated carbocycles. The van der Waals surface area contributed by atoms with Crippen LogP contribution in [0.4, 0.5) is 15.8 Å². The fraction of sp³-hybridized carbons (Fsp3) is 0.294. The van der Waals surface area contributed by atoms with Gasteiger partial charge in [-0.1, -0.05) is 26.0 Å². The summed E-state index contributed by atoms with van der Waals surface area (Å²) < 4.78 is 36.6. The fourth-order valence-corrected chi connectivity index (χ4v) is 3.01. The third kappa shape index (κ3) is 4.54. The van der Waals surface area contributed by atoms with Crippen LogP contribution in [-0.4, -0.2) is 26.1 Å². The maximum atomic E-state index is 13.4. The molecule has 0 bridgehead atoms. The van der Waals surface area contributed by atoms with Crippen molar-refractivity contribution in [3.05, 3.63) is 64.0 Å². The van der Waals surface area contributed by atoms with Crippen molar-refractivity contribution in [1.82, 2.24) is 0 Å². The van der Waals surface area contributed by atoms with Gasteiger partial charge in [0, 0.05) is 24.3 Å². The van der Waals surface area contributed by atoms with Crippen molar-refractivity contribution in [3.8, 4) is 0 Å². The van der Waals surface area contributed by atoms with Gasteiger partial charge in [0.05, 0.1) is 9.82 Å². The molecule has 0 amide bonds. The van der Waals surface area contributed by atoms with E-state index in [1.807, 2.05) is 13.8 Å². The second-order valence-electron chi connectivity index (χ2n) is 6.46. The topological polar surface area (TPSA) is 89.3 Å². The van der Waals surface area contributed by atoms with E-state index in [0.717, 1.165) is 17.9 Å². The molecule has 0 aliphatic rings. The number of nitro groups is 1. The minimum Gasteiger partial charge on any atom is -0.379 e. The van der Waals surface area contributed by atoms with Crippen molar-refractivity contribution in [2.45, 2.75) is 24.2 Å². The highest BCUT2D eigenvalue weighted by Gasteiger charge is 2.24. The Morgan fingerprint density at radius 1 is 1.20 bits per heavy atom. The van der Waals surface area contributed by atoms with E-state index in [2.05, 4.69) is 5.32 Å². The zero-order chi connectivity index (χ0) is 18.8. The summed E-state index contributed by atoms with van der Waals surface area (Å²) >= 11 is 0. The molecule has 0 aliphatic carbocycles. The minimum atomic E-state index is -3.54. The van der Waals surface area contributed by atoms with Gasteiger partial charge in [-0.25, -0.2) is 12.8 Å². The zero-order valence-electron chi connectivity index (χ0n) is 14.1. The van der Waals surface area contributed by atoms with E-state index in [1.54, 1.807) is 12.1 Å². The first-order chi connectivity index (χ1) is 11.5. The molecule has 25 heavy (non-hydrogen) atoms. The summed E-state index contributed by atoms with van der Waals surface area (Å²) in [7, 11) is -3.54. The van der Waals surface area contributed by atoms with Crippen LogP contribution in [0.1, 0.15) is 19.4 Å². The van der Waals surface area contributed by atoms with Gasteiger partial charge in [0.2, 0.25) is 0 Å². The number of rotatable bonds is 6. The maximum absolute atomic E-state index is 13.4. The predicted octanol–water partition coefficient (Wildman–Crippen LogP) is 3.53. The molecule has 0 aliphatic heterocycles. The molecule has 2 aromatic rings. The summed E-state index contributed by atoms with van der Waals surface area (Å²) in [5.41, 5.74) is 0.140. The number of nitrogens with zero attached hydrogens (tertiary/aromatic N) is 1. The maximum Gasteiger partial charge on any atom is 0.293 e. The molecular weight excluding hydrogens is 347 g/mol. The van der Waals surface area contributed by atoms with E-state index in [4.69, 9.17) is 0 Å².